The number of hydrogen-bond donors (Lipinski definition) is 2. The van der Waals surface area contributed by atoms with Crippen molar-refractivity contribution in [2.45, 2.75) is 11.8 Å². The molecule has 7 nitrogen and oxygen atoms in total. The van der Waals surface area contributed by atoms with Gasteiger partial charge in [0.1, 0.15) is 0 Å². The molecule has 2 heterocycles. The van der Waals surface area contributed by atoms with Crippen molar-refractivity contribution >= 4 is 49.8 Å². The van der Waals surface area contributed by atoms with Gasteiger partial charge in [0.15, 0.2) is 5.15 Å². The minimum atomic E-state index is -3.91. The van der Waals surface area contributed by atoms with E-state index >= 15 is 0 Å². The number of aromatic nitrogens is 2. The van der Waals surface area contributed by atoms with Crippen LogP contribution in [-0.4, -0.2) is 24.3 Å². The Balaban J connectivity index is 1.64. The summed E-state index contributed by atoms with van der Waals surface area (Å²) < 4.78 is 28.1. The van der Waals surface area contributed by atoms with Crippen LogP contribution in [0.15, 0.2) is 78.0 Å². The third-order valence-electron chi connectivity index (χ3n) is 4.50. The first-order chi connectivity index (χ1) is 14.8. The highest BCUT2D eigenvalue weighted by molar-refractivity contribution is 7.92. The maximum Gasteiger partial charge on any atom is 0.261 e. The fourth-order valence-electron chi connectivity index (χ4n) is 3.06. The summed E-state index contributed by atoms with van der Waals surface area (Å²) >= 11 is 6.16. The second-order valence-electron chi connectivity index (χ2n) is 6.78. The lowest BCUT2D eigenvalue weighted by atomic mass is 10.0. The monoisotopic (exact) mass is 452 g/mol. The SMILES string of the molecule is CC(=O)Nc1ccc(S(=O)(=O)Nc2cc(-c3ccc4ncccc4c3)cnc2Cl)cc1. The van der Waals surface area contributed by atoms with Gasteiger partial charge in [-0.25, -0.2) is 13.4 Å². The molecule has 4 rings (SSSR count). The largest absolute Gasteiger partial charge is 0.326 e. The number of halogens is 1. The Morgan fingerprint density at radius 1 is 0.968 bits per heavy atom. The van der Waals surface area contributed by atoms with Crippen LogP contribution in [-0.2, 0) is 14.8 Å². The number of rotatable bonds is 5. The summed E-state index contributed by atoms with van der Waals surface area (Å²) in [4.78, 5) is 19.6. The molecule has 2 aromatic carbocycles. The molecule has 2 N–H and O–H groups in total. The van der Waals surface area contributed by atoms with E-state index in [4.69, 9.17) is 11.6 Å². The number of hydrogen-bond acceptors (Lipinski definition) is 5. The fourth-order valence-corrected chi connectivity index (χ4v) is 4.32. The van der Waals surface area contributed by atoms with Gasteiger partial charge in [-0.1, -0.05) is 23.7 Å². The third-order valence-corrected chi connectivity index (χ3v) is 6.19. The van der Waals surface area contributed by atoms with Gasteiger partial charge in [0.2, 0.25) is 5.91 Å². The van der Waals surface area contributed by atoms with E-state index in [1.807, 2.05) is 30.3 Å². The van der Waals surface area contributed by atoms with Crippen LogP contribution in [0.3, 0.4) is 0 Å². The van der Waals surface area contributed by atoms with E-state index in [0.29, 0.717) is 11.3 Å². The van der Waals surface area contributed by atoms with Crippen LogP contribution in [0.4, 0.5) is 11.4 Å². The summed E-state index contributed by atoms with van der Waals surface area (Å²) in [5, 5.41) is 3.58. The van der Waals surface area contributed by atoms with Crippen molar-refractivity contribution in [3.8, 4) is 11.1 Å². The summed E-state index contributed by atoms with van der Waals surface area (Å²) in [5.74, 6) is -0.243. The van der Waals surface area contributed by atoms with E-state index in [1.165, 1.54) is 31.2 Å². The molecule has 0 aliphatic rings. The minimum absolute atomic E-state index is 0.0276. The Hall–Kier alpha value is -3.49. The van der Waals surface area contributed by atoms with E-state index in [1.54, 1.807) is 18.5 Å². The predicted octanol–water partition coefficient (Wildman–Crippen LogP) is 4.71. The second-order valence-corrected chi connectivity index (χ2v) is 8.82. The topological polar surface area (TPSA) is 101 Å². The smallest absolute Gasteiger partial charge is 0.261 e. The number of carbonyl (C=O) groups excluding carboxylic acids is 1. The first-order valence-electron chi connectivity index (χ1n) is 9.23. The van der Waals surface area contributed by atoms with Gasteiger partial charge in [0, 0.05) is 36.0 Å². The number of sulfonamides is 1. The third kappa shape index (κ3) is 4.65. The van der Waals surface area contributed by atoms with Crippen molar-refractivity contribution < 1.29 is 13.2 Å². The van der Waals surface area contributed by atoms with Crippen molar-refractivity contribution in [2.24, 2.45) is 0 Å². The van der Waals surface area contributed by atoms with Crippen LogP contribution in [0.5, 0.6) is 0 Å². The van der Waals surface area contributed by atoms with Crippen molar-refractivity contribution in [2.75, 3.05) is 10.0 Å². The van der Waals surface area contributed by atoms with E-state index in [2.05, 4.69) is 20.0 Å². The molecular weight excluding hydrogens is 436 g/mol. The van der Waals surface area contributed by atoms with Crippen molar-refractivity contribution in [3.05, 3.63) is 78.2 Å². The molecule has 0 saturated heterocycles. The molecule has 0 unspecified atom stereocenters. The van der Waals surface area contributed by atoms with Crippen LogP contribution in [0.1, 0.15) is 6.92 Å². The highest BCUT2D eigenvalue weighted by Crippen LogP contribution is 2.30. The molecule has 0 bridgehead atoms. The van der Waals surface area contributed by atoms with Gasteiger partial charge in [-0.15, -0.1) is 0 Å². The number of pyridine rings is 2. The van der Waals surface area contributed by atoms with E-state index in [0.717, 1.165) is 16.5 Å². The number of nitrogens with zero attached hydrogens (tertiary/aromatic N) is 2. The predicted molar refractivity (Wildman–Crippen MR) is 122 cm³/mol. The van der Waals surface area contributed by atoms with Gasteiger partial charge >= 0.3 is 0 Å². The highest BCUT2D eigenvalue weighted by Gasteiger charge is 2.17. The van der Waals surface area contributed by atoms with E-state index in [-0.39, 0.29) is 21.6 Å². The number of nitrogens with one attached hydrogen (secondary N) is 2. The van der Waals surface area contributed by atoms with Crippen LogP contribution in [0.2, 0.25) is 5.15 Å². The molecule has 0 saturated carbocycles. The Kier molecular flexibility index (Phi) is 5.58. The maximum atomic E-state index is 12.8. The summed E-state index contributed by atoms with van der Waals surface area (Å²) in [5.41, 5.74) is 3.07. The molecule has 0 atom stereocenters. The van der Waals surface area contributed by atoms with Gasteiger partial charge in [0.25, 0.3) is 10.0 Å². The zero-order chi connectivity index (χ0) is 22.0. The molecule has 1 amide bonds. The molecule has 4 aromatic rings. The summed E-state index contributed by atoms with van der Waals surface area (Å²) in [6.07, 6.45) is 3.31. The number of anilines is 2. The van der Waals surface area contributed by atoms with Gasteiger partial charge < -0.3 is 5.32 Å². The van der Waals surface area contributed by atoms with Gasteiger partial charge in [-0.3, -0.25) is 14.5 Å². The zero-order valence-electron chi connectivity index (χ0n) is 16.3. The molecule has 0 radical (unpaired) electrons. The lowest BCUT2D eigenvalue weighted by molar-refractivity contribution is -0.114. The Bertz CT molecular complexity index is 1390. The first-order valence-corrected chi connectivity index (χ1v) is 11.1. The standard InChI is InChI=1S/C22H17ClN4O3S/c1-14(28)26-18-5-7-19(8-6-18)31(29,30)27-21-12-17(13-25-22(21)23)15-4-9-20-16(11-15)3-2-10-24-20/h2-13,27H,1H3,(H,26,28). The Labute approximate surface area is 184 Å². The van der Waals surface area contributed by atoms with Crippen LogP contribution >= 0.6 is 11.6 Å². The van der Waals surface area contributed by atoms with Crippen LogP contribution in [0.25, 0.3) is 22.0 Å². The highest BCUT2D eigenvalue weighted by atomic mass is 35.5. The normalized spacial score (nSPS) is 11.3. The maximum absolute atomic E-state index is 12.8. The quantitative estimate of drug-likeness (QED) is 0.427. The molecule has 31 heavy (non-hydrogen) atoms. The molecule has 156 valence electrons. The van der Waals surface area contributed by atoms with E-state index < -0.39 is 10.0 Å². The minimum Gasteiger partial charge on any atom is -0.326 e. The molecule has 0 aliphatic heterocycles. The number of fused-ring (bicyclic) bond motifs is 1. The number of amides is 1. The summed E-state index contributed by atoms with van der Waals surface area (Å²) in [6.45, 7) is 1.38. The lowest BCUT2D eigenvalue weighted by Gasteiger charge is -2.12. The average Bonchev–Trinajstić information content (AvgIpc) is 2.75. The van der Waals surface area contributed by atoms with Gasteiger partial charge in [0.05, 0.1) is 16.1 Å². The Morgan fingerprint density at radius 2 is 1.74 bits per heavy atom. The summed E-state index contributed by atoms with van der Waals surface area (Å²) in [6, 6.07) is 17.0. The second kappa shape index (κ2) is 8.33. The molecule has 2 aromatic heterocycles. The van der Waals surface area contributed by atoms with Crippen molar-refractivity contribution in [1.29, 1.82) is 0 Å². The first kappa shape index (κ1) is 20.8. The zero-order valence-corrected chi connectivity index (χ0v) is 17.9. The number of carbonyl (C=O) groups is 1. The van der Waals surface area contributed by atoms with Gasteiger partial charge in [-0.2, -0.15) is 0 Å². The molecule has 9 heteroatoms. The molecular formula is C22H17ClN4O3S. The fraction of sp³-hybridized carbons (Fsp3) is 0.0455. The molecule has 0 aliphatic carbocycles. The van der Waals surface area contributed by atoms with Crippen molar-refractivity contribution in [1.82, 2.24) is 9.97 Å². The van der Waals surface area contributed by atoms with Gasteiger partial charge in [-0.05, 0) is 54.1 Å². The lowest BCUT2D eigenvalue weighted by Crippen LogP contribution is -2.14. The molecule has 0 fully saturated rings. The molecule has 0 spiro atoms. The van der Waals surface area contributed by atoms with Crippen LogP contribution < -0.4 is 10.0 Å². The average molecular weight is 453 g/mol. The number of benzene rings is 2. The summed E-state index contributed by atoms with van der Waals surface area (Å²) in [7, 11) is -3.91. The van der Waals surface area contributed by atoms with Crippen LogP contribution in [0, 0.1) is 0 Å². The van der Waals surface area contributed by atoms with Crippen molar-refractivity contribution in [3.63, 3.8) is 0 Å². The Morgan fingerprint density at radius 3 is 2.48 bits per heavy atom. The van der Waals surface area contributed by atoms with E-state index in [9.17, 15) is 13.2 Å².